The molecule has 1 aromatic rings. The summed E-state index contributed by atoms with van der Waals surface area (Å²) in [5.41, 5.74) is 1.37. The molecule has 4 nitrogen and oxygen atoms in total. The topological polar surface area (TPSA) is 39.7 Å². The summed E-state index contributed by atoms with van der Waals surface area (Å²) in [5, 5.41) is 6.72. The van der Waals surface area contributed by atoms with Gasteiger partial charge in [-0.15, -0.1) is 30.6 Å². The third-order valence-corrected chi connectivity index (χ3v) is 3.91. The molecular weight excluding hydrogens is 387 g/mol. The molecule has 2 rings (SSSR count). The van der Waals surface area contributed by atoms with Crippen LogP contribution in [0.5, 0.6) is 0 Å². The van der Waals surface area contributed by atoms with E-state index >= 15 is 0 Å². The van der Waals surface area contributed by atoms with Crippen molar-refractivity contribution >= 4 is 29.9 Å². The number of nitrogens with zero attached hydrogens (tertiary/aromatic N) is 2. The number of hydrogen-bond donors (Lipinski definition) is 2. The SMILES string of the molecule is C=CCNC(=NC)NC1CC(C)N(Cc2ccccc2)C1.I. The first-order valence-corrected chi connectivity index (χ1v) is 7.59. The molecule has 122 valence electrons. The third-order valence-electron chi connectivity index (χ3n) is 3.91. The molecule has 0 spiro atoms. The Morgan fingerprint density at radius 1 is 1.41 bits per heavy atom. The monoisotopic (exact) mass is 414 g/mol. The third kappa shape index (κ3) is 5.61. The van der Waals surface area contributed by atoms with Crippen LogP contribution in [-0.2, 0) is 6.54 Å². The van der Waals surface area contributed by atoms with Gasteiger partial charge >= 0.3 is 0 Å². The lowest BCUT2D eigenvalue weighted by Gasteiger charge is -2.21. The van der Waals surface area contributed by atoms with Crippen molar-refractivity contribution in [2.45, 2.75) is 32.0 Å². The first-order chi connectivity index (χ1) is 10.2. The van der Waals surface area contributed by atoms with Crippen LogP contribution in [0.15, 0.2) is 48.0 Å². The zero-order valence-electron chi connectivity index (χ0n) is 13.5. The number of guanidine groups is 1. The van der Waals surface area contributed by atoms with Crippen LogP contribution in [0.4, 0.5) is 0 Å². The molecule has 1 aromatic carbocycles. The second-order valence-electron chi connectivity index (χ2n) is 5.58. The molecule has 1 saturated heterocycles. The van der Waals surface area contributed by atoms with Gasteiger partial charge in [0.15, 0.2) is 5.96 Å². The highest BCUT2D eigenvalue weighted by atomic mass is 127. The Bertz CT molecular complexity index is 475. The van der Waals surface area contributed by atoms with Crippen LogP contribution in [0.25, 0.3) is 0 Å². The lowest BCUT2D eigenvalue weighted by atomic mass is 10.2. The molecule has 1 aliphatic heterocycles. The zero-order valence-corrected chi connectivity index (χ0v) is 15.8. The lowest BCUT2D eigenvalue weighted by molar-refractivity contribution is 0.258. The fourth-order valence-corrected chi connectivity index (χ4v) is 2.80. The lowest BCUT2D eigenvalue weighted by Crippen LogP contribution is -2.44. The van der Waals surface area contributed by atoms with Crippen molar-refractivity contribution in [3.8, 4) is 0 Å². The molecule has 2 N–H and O–H groups in total. The van der Waals surface area contributed by atoms with Crippen molar-refractivity contribution < 1.29 is 0 Å². The molecule has 0 saturated carbocycles. The molecule has 0 amide bonds. The highest BCUT2D eigenvalue weighted by Gasteiger charge is 2.29. The highest BCUT2D eigenvalue weighted by molar-refractivity contribution is 14.0. The summed E-state index contributed by atoms with van der Waals surface area (Å²) in [7, 11) is 1.80. The van der Waals surface area contributed by atoms with E-state index in [4.69, 9.17) is 0 Å². The summed E-state index contributed by atoms with van der Waals surface area (Å²) >= 11 is 0. The fourth-order valence-electron chi connectivity index (χ4n) is 2.80. The minimum atomic E-state index is 0. The van der Waals surface area contributed by atoms with Crippen LogP contribution in [0.2, 0.25) is 0 Å². The fraction of sp³-hybridized carbons (Fsp3) is 0.471. The Morgan fingerprint density at radius 3 is 2.77 bits per heavy atom. The van der Waals surface area contributed by atoms with E-state index in [2.05, 4.69) is 64.4 Å². The van der Waals surface area contributed by atoms with Gasteiger partial charge in [0.1, 0.15) is 0 Å². The largest absolute Gasteiger partial charge is 0.353 e. The first kappa shape index (κ1) is 19.0. The van der Waals surface area contributed by atoms with E-state index in [9.17, 15) is 0 Å². The standard InChI is InChI=1S/C17H26N4.HI/c1-4-10-19-17(18-3)20-16-11-14(2)21(13-16)12-15-8-6-5-7-9-15;/h4-9,14,16H,1,10-13H2,2-3H3,(H2,18,19,20);1H. The van der Waals surface area contributed by atoms with Crippen LogP contribution >= 0.6 is 24.0 Å². The van der Waals surface area contributed by atoms with Crippen molar-refractivity contribution in [2.24, 2.45) is 4.99 Å². The Kier molecular flexibility index (Phi) is 8.48. The zero-order chi connectivity index (χ0) is 15.1. The van der Waals surface area contributed by atoms with Gasteiger partial charge in [-0.2, -0.15) is 0 Å². The number of likely N-dealkylation sites (tertiary alicyclic amines) is 1. The van der Waals surface area contributed by atoms with Gasteiger partial charge in [-0.05, 0) is 18.9 Å². The van der Waals surface area contributed by atoms with Crippen molar-refractivity contribution in [3.05, 3.63) is 48.6 Å². The molecule has 2 unspecified atom stereocenters. The smallest absolute Gasteiger partial charge is 0.191 e. The summed E-state index contributed by atoms with van der Waals surface area (Å²) in [6.45, 7) is 8.80. The number of hydrogen-bond acceptors (Lipinski definition) is 2. The summed E-state index contributed by atoms with van der Waals surface area (Å²) in [5.74, 6) is 0.855. The predicted molar refractivity (Wildman–Crippen MR) is 105 cm³/mol. The summed E-state index contributed by atoms with van der Waals surface area (Å²) in [4.78, 5) is 6.77. The maximum absolute atomic E-state index is 4.25. The van der Waals surface area contributed by atoms with Crippen molar-refractivity contribution in [1.82, 2.24) is 15.5 Å². The first-order valence-electron chi connectivity index (χ1n) is 7.59. The van der Waals surface area contributed by atoms with E-state index in [1.54, 1.807) is 7.05 Å². The molecule has 2 atom stereocenters. The Hall–Kier alpha value is -1.08. The summed E-state index contributed by atoms with van der Waals surface area (Å²) in [6.07, 6.45) is 2.98. The van der Waals surface area contributed by atoms with E-state index in [1.165, 1.54) is 5.56 Å². The average molecular weight is 414 g/mol. The number of aliphatic imine (C=N–C) groups is 1. The number of halogens is 1. The van der Waals surface area contributed by atoms with Gasteiger partial charge in [0, 0.05) is 38.8 Å². The molecule has 0 bridgehead atoms. The van der Waals surface area contributed by atoms with Crippen LogP contribution in [0, 0.1) is 0 Å². The van der Waals surface area contributed by atoms with E-state index in [1.807, 2.05) is 6.08 Å². The van der Waals surface area contributed by atoms with E-state index in [-0.39, 0.29) is 24.0 Å². The normalized spacial score (nSPS) is 22.0. The molecule has 1 heterocycles. The van der Waals surface area contributed by atoms with Gasteiger partial charge in [-0.1, -0.05) is 36.4 Å². The van der Waals surface area contributed by atoms with Gasteiger partial charge in [0.2, 0.25) is 0 Å². The van der Waals surface area contributed by atoms with Crippen molar-refractivity contribution in [1.29, 1.82) is 0 Å². The quantitative estimate of drug-likeness (QED) is 0.337. The average Bonchev–Trinajstić information content (AvgIpc) is 2.84. The van der Waals surface area contributed by atoms with Crippen molar-refractivity contribution in [3.63, 3.8) is 0 Å². The van der Waals surface area contributed by atoms with Gasteiger partial charge in [0.25, 0.3) is 0 Å². The van der Waals surface area contributed by atoms with Crippen molar-refractivity contribution in [2.75, 3.05) is 20.1 Å². The Balaban J connectivity index is 0.00000242. The molecule has 22 heavy (non-hydrogen) atoms. The second-order valence-corrected chi connectivity index (χ2v) is 5.58. The van der Waals surface area contributed by atoms with Crippen LogP contribution in [0.1, 0.15) is 18.9 Å². The maximum Gasteiger partial charge on any atom is 0.191 e. The molecular formula is C17H27IN4. The summed E-state index contributed by atoms with van der Waals surface area (Å²) < 4.78 is 0. The minimum absolute atomic E-state index is 0. The van der Waals surface area contributed by atoms with Crippen LogP contribution in [0.3, 0.4) is 0 Å². The van der Waals surface area contributed by atoms with Gasteiger partial charge < -0.3 is 10.6 Å². The Labute approximate surface area is 151 Å². The van der Waals surface area contributed by atoms with Gasteiger partial charge in [0.05, 0.1) is 0 Å². The van der Waals surface area contributed by atoms with E-state index < -0.39 is 0 Å². The van der Waals surface area contributed by atoms with Crippen LogP contribution < -0.4 is 10.6 Å². The molecule has 0 aromatic heterocycles. The summed E-state index contributed by atoms with van der Waals surface area (Å²) in [6, 6.07) is 11.7. The number of rotatable bonds is 5. The molecule has 0 aliphatic carbocycles. The van der Waals surface area contributed by atoms with Gasteiger partial charge in [-0.25, -0.2) is 0 Å². The van der Waals surface area contributed by atoms with E-state index in [0.717, 1.165) is 32.0 Å². The maximum atomic E-state index is 4.25. The molecule has 5 heteroatoms. The second kappa shape index (κ2) is 9.84. The molecule has 0 radical (unpaired) electrons. The molecule has 1 fully saturated rings. The van der Waals surface area contributed by atoms with Gasteiger partial charge in [-0.3, -0.25) is 9.89 Å². The minimum Gasteiger partial charge on any atom is -0.353 e. The highest BCUT2D eigenvalue weighted by Crippen LogP contribution is 2.20. The predicted octanol–water partition coefficient (Wildman–Crippen LogP) is 2.62. The Morgan fingerprint density at radius 2 is 2.14 bits per heavy atom. The number of benzene rings is 1. The molecule has 1 aliphatic rings. The van der Waals surface area contributed by atoms with E-state index in [0.29, 0.717) is 12.1 Å². The number of nitrogens with one attached hydrogen (secondary N) is 2. The van der Waals surface area contributed by atoms with Crippen LogP contribution in [-0.4, -0.2) is 43.1 Å².